The number of nitrogens with one attached hydrogen (secondary N) is 1. The summed E-state index contributed by atoms with van der Waals surface area (Å²) in [5.74, 6) is 0.204. The van der Waals surface area contributed by atoms with E-state index in [1.54, 1.807) is 11.3 Å². The number of aldehydes is 1. The number of hydrogen-bond donors (Lipinski definition) is 1. The molecule has 3 rings (SSSR count). The van der Waals surface area contributed by atoms with Crippen LogP contribution in [0.3, 0.4) is 0 Å². The van der Waals surface area contributed by atoms with E-state index in [9.17, 15) is 4.79 Å². The molecule has 5 nitrogen and oxygen atoms in total. The summed E-state index contributed by atoms with van der Waals surface area (Å²) >= 11 is 1.63. The van der Waals surface area contributed by atoms with Crippen molar-refractivity contribution < 1.29 is 55.9 Å². The van der Waals surface area contributed by atoms with E-state index in [0.717, 1.165) is 33.2 Å². The van der Waals surface area contributed by atoms with Crippen molar-refractivity contribution in [2.45, 2.75) is 40.2 Å². The first-order chi connectivity index (χ1) is 11.3. The molecular formula is C17H24BCeN2O3S-. The first-order valence-electron chi connectivity index (χ1n) is 7.99. The predicted molar refractivity (Wildman–Crippen MR) is 101 cm³/mol. The van der Waals surface area contributed by atoms with Crippen LogP contribution in [0, 0.1) is 53.8 Å². The quantitative estimate of drug-likeness (QED) is 0.409. The van der Waals surface area contributed by atoms with Gasteiger partial charge in [0.05, 0.1) is 10.2 Å². The summed E-state index contributed by atoms with van der Waals surface area (Å²) in [5.41, 5.74) is 1.70. The van der Waals surface area contributed by atoms with Crippen molar-refractivity contribution in [2.75, 3.05) is 12.4 Å². The number of benzene rings is 1. The molecule has 1 aliphatic heterocycles. The number of carbonyl (C=O) groups is 1. The van der Waals surface area contributed by atoms with Gasteiger partial charge in [-0.25, -0.2) is 4.98 Å². The molecule has 8 heteroatoms. The van der Waals surface area contributed by atoms with Crippen molar-refractivity contribution in [3.63, 3.8) is 0 Å². The molecule has 1 aromatic carbocycles. The van der Waals surface area contributed by atoms with Gasteiger partial charge in [0.2, 0.25) is 0 Å². The topological polar surface area (TPSA) is 60.5 Å². The maximum atomic E-state index is 9.50. The Morgan fingerprint density at radius 1 is 1.40 bits per heavy atom. The Kier molecular flexibility index (Phi) is 8.97. The summed E-state index contributed by atoms with van der Waals surface area (Å²) in [6, 6.07) is 6.11. The Morgan fingerprint density at radius 3 is 2.52 bits per heavy atom. The second kappa shape index (κ2) is 9.75. The Morgan fingerprint density at radius 2 is 2.04 bits per heavy atom. The van der Waals surface area contributed by atoms with Crippen molar-refractivity contribution >= 4 is 45.6 Å². The summed E-state index contributed by atoms with van der Waals surface area (Å²) in [6.45, 7) is 9.71. The Balaban J connectivity index is 0.000000462. The van der Waals surface area contributed by atoms with E-state index in [1.165, 1.54) is 0 Å². The van der Waals surface area contributed by atoms with Gasteiger partial charge in [0, 0.05) is 54.7 Å². The zero-order chi connectivity index (χ0) is 17.9. The fourth-order valence-electron chi connectivity index (χ4n) is 2.01. The van der Waals surface area contributed by atoms with Crippen LogP contribution in [0.2, 0.25) is 0 Å². The normalized spacial score (nSPS) is 16.4. The smallest absolute Gasteiger partial charge is 0.459 e. The molecule has 2 aromatic rings. The molecule has 2 heterocycles. The van der Waals surface area contributed by atoms with Crippen LogP contribution in [-0.4, -0.2) is 31.0 Å². The molecule has 0 saturated carbocycles. The summed E-state index contributed by atoms with van der Waals surface area (Å²) < 4.78 is 12.9. The zero-order valence-corrected chi connectivity index (χ0v) is 19.5. The largest absolute Gasteiger partial charge is 0.580 e. The minimum atomic E-state index is -0.330. The van der Waals surface area contributed by atoms with E-state index in [1.807, 2.05) is 53.8 Å². The van der Waals surface area contributed by atoms with E-state index in [0.29, 0.717) is 0 Å². The van der Waals surface area contributed by atoms with Crippen LogP contribution in [-0.2, 0) is 14.1 Å². The summed E-state index contributed by atoms with van der Waals surface area (Å²) in [6.07, 6.45) is 1.83. The van der Waals surface area contributed by atoms with Gasteiger partial charge in [-0.2, -0.15) is 13.0 Å². The molecule has 1 N–H and O–H groups in total. The van der Waals surface area contributed by atoms with Crippen LogP contribution in [0.5, 0.6) is 0 Å². The molecule has 1 aliphatic rings. The fourth-order valence-corrected chi connectivity index (χ4v) is 2.88. The molecule has 0 aliphatic carbocycles. The number of carbonyl (C=O) groups excluding carboxylic acids is 1. The van der Waals surface area contributed by atoms with E-state index in [-0.39, 0.29) is 60.4 Å². The third-order valence-electron chi connectivity index (χ3n) is 3.70. The average molecular weight is 487 g/mol. The van der Waals surface area contributed by atoms with Gasteiger partial charge >= 0.3 is 7.12 Å². The van der Waals surface area contributed by atoms with Gasteiger partial charge in [0.25, 0.3) is 0 Å². The number of anilines is 1. The molecule has 1 saturated heterocycles. The molecule has 0 bridgehead atoms. The zero-order valence-electron chi connectivity index (χ0n) is 15.5. The molecule has 0 spiro atoms. The van der Waals surface area contributed by atoms with Gasteiger partial charge in [0.15, 0.2) is 5.13 Å². The van der Waals surface area contributed by atoms with Crippen molar-refractivity contribution in [3.8, 4) is 0 Å². The minimum absolute atomic E-state index is 0. The number of nitrogens with zero attached hydrogens (tertiary/aromatic N) is 1. The predicted octanol–water partition coefficient (Wildman–Crippen LogP) is 3.25. The van der Waals surface area contributed by atoms with Crippen LogP contribution >= 0.6 is 11.3 Å². The molecule has 0 amide bonds. The van der Waals surface area contributed by atoms with Gasteiger partial charge in [-0.1, -0.05) is 50.7 Å². The first kappa shape index (κ1) is 23.0. The van der Waals surface area contributed by atoms with E-state index in [2.05, 4.69) is 16.4 Å². The molecule has 1 aromatic heterocycles. The van der Waals surface area contributed by atoms with Crippen LogP contribution < -0.4 is 10.8 Å². The van der Waals surface area contributed by atoms with Gasteiger partial charge < -0.3 is 19.4 Å². The standard InChI is InChI=1S/C13H16BN2O2S.C4H8O.Ce/c1-8-13(2,3)18-14(17-8)9-5-6-10-11(7-9)19-12(15-4)16-10;1-4(2)3-5;/h5-7H,1-4H3,(H,15,16);3-4H,1-2H3;/q-1;;. The number of thiazole rings is 1. The SMILES string of the molecule is CC(C)C=O.CNc1nc2ccc(B3O[C-](C)C(C)(C)O3)cc2s1.[Ce]. The average Bonchev–Trinajstić information content (AvgIpc) is 3.07. The van der Waals surface area contributed by atoms with Crippen LogP contribution in [0.4, 0.5) is 5.13 Å². The van der Waals surface area contributed by atoms with Gasteiger partial charge in [0.1, 0.15) is 6.29 Å². The molecule has 1 fully saturated rings. The second-order valence-corrected chi connectivity index (χ2v) is 7.54. The Labute approximate surface area is 187 Å². The van der Waals surface area contributed by atoms with Gasteiger partial charge in [-0.3, -0.25) is 0 Å². The van der Waals surface area contributed by atoms with Crippen molar-refractivity contribution in [1.29, 1.82) is 0 Å². The monoisotopic (exact) mass is 487 g/mol. The molecule has 134 valence electrons. The van der Waals surface area contributed by atoms with E-state index in [4.69, 9.17) is 9.31 Å². The minimum Gasteiger partial charge on any atom is -0.580 e. The number of rotatable bonds is 3. The summed E-state index contributed by atoms with van der Waals surface area (Å²) in [4.78, 5) is 14.0. The number of hydrogen-bond acceptors (Lipinski definition) is 6. The van der Waals surface area contributed by atoms with Crippen molar-refractivity contribution in [1.82, 2.24) is 4.98 Å². The Hall–Kier alpha value is -0.0584. The summed E-state index contributed by atoms with van der Waals surface area (Å²) in [5, 5.41) is 3.99. The van der Waals surface area contributed by atoms with Crippen LogP contribution in [0.15, 0.2) is 18.2 Å². The molecular weight excluding hydrogens is 463 g/mol. The maximum Gasteiger partial charge on any atom is 0.459 e. The molecule has 0 atom stereocenters. The van der Waals surface area contributed by atoms with Gasteiger partial charge in [-0.05, 0) is 17.6 Å². The fraction of sp³-hybridized carbons (Fsp3) is 0.471. The van der Waals surface area contributed by atoms with Gasteiger partial charge in [-0.15, -0.1) is 0 Å². The van der Waals surface area contributed by atoms with Crippen LogP contribution in [0.25, 0.3) is 10.2 Å². The van der Waals surface area contributed by atoms with E-state index < -0.39 is 0 Å². The molecule has 0 radical (unpaired) electrons. The van der Waals surface area contributed by atoms with Crippen molar-refractivity contribution in [3.05, 3.63) is 24.3 Å². The number of fused-ring (bicyclic) bond motifs is 1. The Bertz CT molecular complexity index is 708. The molecule has 25 heavy (non-hydrogen) atoms. The third kappa shape index (κ3) is 5.97. The second-order valence-electron chi connectivity index (χ2n) is 6.51. The van der Waals surface area contributed by atoms with Crippen molar-refractivity contribution in [2.24, 2.45) is 5.92 Å². The molecule has 0 unspecified atom stereocenters. The van der Waals surface area contributed by atoms with E-state index >= 15 is 0 Å². The third-order valence-corrected chi connectivity index (χ3v) is 4.74. The van der Waals surface area contributed by atoms with Crippen LogP contribution in [0.1, 0.15) is 34.6 Å². The summed E-state index contributed by atoms with van der Waals surface area (Å²) in [7, 11) is 1.56. The maximum absolute atomic E-state index is 9.50. The first-order valence-corrected chi connectivity index (χ1v) is 8.80. The number of aromatic nitrogens is 1.